The van der Waals surface area contributed by atoms with Gasteiger partial charge in [0.15, 0.2) is 5.76 Å². The molecular weight excluding hydrogens is 450 g/mol. The molecule has 0 bridgehead atoms. The van der Waals surface area contributed by atoms with Crippen LogP contribution in [-0.2, 0) is 11.2 Å². The van der Waals surface area contributed by atoms with Crippen molar-refractivity contribution in [1.82, 2.24) is 5.16 Å². The van der Waals surface area contributed by atoms with Crippen LogP contribution in [0.25, 0.3) is 22.5 Å². The molecule has 0 spiro atoms. The van der Waals surface area contributed by atoms with Gasteiger partial charge in [-0.25, -0.2) is 4.79 Å². The normalized spacial score (nSPS) is 11.5. The van der Waals surface area contributed by atoms with Crippen molar-refractivity contribution in [3.63, 3.8) is 0 Å². The Hall–Kier alpha value is -4.08. The minimum Gasteiger partial charge on any atom is -0.441 e. The van der Waals surface area contributed by atoms with Crippen LogP contribution in [0.5, 0.6) is 0 Å². The van der Waals surface area contributed by atoms with Gasteiger partial charge in [-0.2, -0.15) is 5.26 Å². The maximum absolute atomic E-state index is 12.6. The molecule has 0 saturated heterocycles. The monoisotopic (exact) mass is 471 g/mol. The molecule has 0 unspecified atom stereocenters. The third-order valence-corrected chi connectivity index (χ3v) is 5.78. The number of hydrogen-bond acceptors (Lipinski definition) is 5. The van der Waals surface area contributed by atoms with Crippen molar-refractivity contribution in [1.29, 1.82) is 5.26 Å². The number of halogens is 1. The first-order valence-electron chi connectivity index (χ1n) is 10.7. The van der Waals surface area contributed by atoms with Gasteiger partial charge < -0.3 is 9.26 Å². The van der Waals surface area contributed by atoms with E-state index < -0.39 is 12.2 Å². The molecule has 170 valence electrons. The van der Waals surface area contributed by atoms with Gasteiger partial charge in [-0.3, -0.25) is 5.32 Å². The molecule has 4 aromatic rings. The van der Waals surface area contributed by atoms with Gasteiger partial charge in [0.05, 0.1) is 12.5 Å². The Morgan fingerprint density at radius 2 is 1.68 bits per heavy atom. The highest BCUT2D eigenvalue weighted by molar-refractivity contribution is 6.31. The molecule has 7 heteroatoms. The van der Waals surface area contributed by atoms with E-state index in [1.807, 2.05) is 66.7 Å². The summed E-state index contributed by atoms with van der Waals surface area (Å²) < 4.78 is 11.0. The van der Waals surface area contributed by atoms with Gasteiger partial charge in [-0.1, -0.05) is 83.5 Å². The molecule has 1 atom stereocenters. The maximum atomic E-state index is 12.6. The predicted molar refractivity (Wildman–Crippen MR) is 131 cm³/mol. The van der Waals surface area contributed by atoms with E-state index >= 15 is 0 Å². The zero-order valence-corrected chi connectivity index (χ0v) is 19.5. The average molecular weight is 472 g/mol. The molecule has 1 N–H and O–H groups in total. The number of carbonyl (C=O) groups is 1. The van der Waals surface area contributed by atoms with Gasteiger partial charge in [0.2, 0.25) is 0 Å². The van der Waals surface area contributed by atoms with Crippen molar-refractivity contribution in [2.45, 2.75) is 26.4 Å². The van der Waals surface area contributed by atoms with E-state index in [9.17, 15) is 4.79 Å². The number of rotatable bonds is 6. The Morgan fingerprint density at radius 3 is 2.32 bits per heavy atom. The lowest BCUT2D eigenvalue weighted by atomic mass is 10.0. The minimum absolute atomic E-state index is 0.388. The molecule has 0 fully saturated rings. The molecule has 0 saturated carbocycles. The van der Waals surface area contributed by atoms with Gasteiger partial charge in [0, 0.05) is 16.1 Å². The Kier molecular flexibility index (Phi) is 6.95. The molecule has 0 aliphatic carbocycles. The highest BCUT2D eigenvalue weighted by atomic mass is 35.5. The van der Waals surface area contributed by atoms with Crippen LogP contribution < -0.4 is 5.32 Å². The second-order valence-corrected chi connectivity index (χ2v) is 8.18. The SMILES string of the molecule is Cc1noc(-c2ccc(-c3ccc(CC#N)cc3)cc2)c1NC(=O)O[C@H](C)c1ccccc1Cl. The topological polar surface area (TPSA) is 88.2 Å². The van der Waals surface area contributed by atoms with Crippen LogP contribution in [0, 0.1) is 18.3 Å². The van der Waals surface area contributed by atoms with E-state index in [0.717, 1.165) is 27.8 Å². The van der Waals surface area contributed by atoms with Crippen LogP contribution in [0.1, 0.15) is 29.8 Å². The number of amides is 1. The summed E-state index contributed by atoms with van der Waals surface area (Å²) in [7, 11) is 0. The molecule has 0 aliphatic heterocycles. The zero-order chi connectivity index (χ0) is 24.1. The van der Waals surface area contributed by atoms with Crippen LogP contribution in [0.3, 0.4) is 0 Å². The highest BCUT2D eigenvalue weighted by Gasteiger charge is 2.20. The Balaban J connectivity index is 1.49. The summed E-state index contributed by atoms with van der Waals surface area (Å²) in [6, 6.07) is 25.0. The van der Waals surface area contributed by atoms with Crippen LogP contribution in [0.15, 0.2) is 77.3 Å². The first kappa shape index (κ1) is 23.1. The van der Waals surface area contributed by atoms with E-state index in [2.05, 4.69) is 16.5 Å². The number of ether oxygens (including phenoxy) is 1. The molecular formula is C27H22ClN3O3. The van der Waals surface area contributed by atoms with E-state index in [0.29, 0.717) is 28.6 Å². The number of carbonyl (C=O) groups excluding carboxylic acids is 1. The summed E-state index contributed by atoms with van der Waals surface area (Å²) >= 11 is 6.21. The van der Waals surface area contributed by atoms with Gasteiger partial charge in [-0.05, 0) is 36.6 Å². The Morgan fingerprint density at radius 1 is 1.06 bits per heavy atom. The lowest BCUT2D eigenvalue weighted by Crippen LogP contribution is -2.17. The molecule has 1 heterocycles. The molecule has 1 aromatic heterocycles. The third-order valence-electron chi connectivity index (χ3n) is 5.43. The number of hydrogen-bond donors (Lipinski definition) is 1. The van der Waals surface area contributed by atoms with Crippen molar-refractivity contribution in [2.24, 2.45) is 0 Å². The van der Waals surface area contributed by atoms with Crippen molar-refractivity contribution in [2.75, 3.05) is 5.32 Å². The Labute approximate surface area is 202 Å². The lowest BCUT2D eigenvalue weighted by Gasteiger charge is -2.15. The predicted octanol–water partition coefficient (Wildman–Crippen LogP) is 7.35. The van der Waals surface area contributed by atoms with Crippen LogP contribution >= 0.6 is 11.6 Å². The summed E-state index contributed by atoms with van der Waals surface area (Å²) in [5.41, 5.74) is 5.51. The van der Waals surface area contributed by atoms with Gasteiger partial charge in [0.1, 0.15) is 17.5 Å². The van der Waals surface area contributed by atoms with Gasteiger partial charge >= 0.3 is 6.09 Å². The van der Waals surface area contributed by atoms with Crippen LogP contribution in [-0.4, -0.2) is 11.2 Å². The highest BCUT2D eigenvalue weighted by Crippen LogP contribution is 2.33. The summed E-state index contributed by atoms with van der Waals surface area (Å²) in [6.45, 7) is 3.50. The lowest BCUT2D eigenvalue weighted by molar-refractivity contribution is 0.121. The van der Waals surface area contributed by atoms with Gasteiger partial charge in [0.25, 0.3) is 0 Å². The number of anilines is 1. The van der Waals surface area contributed by atoms with Crippen LogP contribution in [0.4, 0.5) is 10.5 Å². The number of benzene rings is 3. The smallest absolute Gasteiger partial charge is 0.412 e. The molecule has 0 aliphatic rings. The molecule has 3 aromatic carbocycles. The number of nitriles is 1. The standard InChI is InChI=1S/C27H22ClN3O3/c1-17-25(30-27(32)33-18(2)23-5-3-4-6-24(23)28)26(34-31-17)22-13-11-21(12-14-22)20-9-7-19(8-10-20)15-16-29/h3-14,18H,15H2,1-2H3,(H,30,32)/t18-/m1/s1. The summed E-state index contributed by atoms with van der Waals surface area (Å²) in [6.07, 6.45) is -0.774. The molecule has 6 nitrogen and oxygen atoms in total. The molecule has 34 heavy (non-hydrogen) atoms. The fourth-order valence-electron chi connectivity index (χ4n) is 3.59. The van der Waals surface area contributed by atoms with E-state index in [1.165, 1.54) is 0 Å². The average Bonchev–Trinajstić information content (AvgIpc) is 3.20. The Bertz CT molecular complexity index is 1340. The quantitative estimate of drug-likeness (QED) is 0.317. The first-order valence-corrected chi connectivity index (χ1v) is 11.1. The number of nitrogens with zero attached hydrogens (tertiary/aromatic N) is 2. The maximum Gasteiger partial charge on any atom is 0.412 e. The molecule has 0 radical (unpaired) electrons. The minimum atomic E-state index is -0.631. The van der Waals surface area contributed by atoms with E-state index in [-0.39, 0.29) is 0 Å². The largest absolute Gasteiger partial charge is 0.441 e. The summed E-state index contributed by atoms with van der Waals surface area (Å²) in [5, 5.41) is 16.1. The second-order valence-electron chi connectivity index (χ2n) is 7.78. The molecule has 4 rings (SSSR count). The zero-order valence-electron chi connectivity index (χ0n) is 18.7. The number of aryl methyl sites for hydroxylation is 1. The van der Waals surface area contributed by atoms with Gasteiger partial charge in [-0.15, -0.1) is 0 Å². The second kappa shape index (κ2) is 10.2. The number of aromatic nitrogens is 1. The van der Waals surface area contributed by atoms with Crippen molar-refractivity contribution < 1.29 is 14.1 Å². The first-order chi connectivity index (χ1) is 16.5. The number of nitrogens with one attached hydrogen (secondary N) is 1. The fourth-order valence-corrected chi connectivity index (χ4v) is 3.88. The van der Waals surface area contributed by atoms with Crippen LogP contribution in [0.2, 0.25) is 5.02 Å². The summed E-state index contributed by atoms with van der Waals surface area (Å²) in [4.78, 5) is 12.6. The fraction of sp³-hybridized carbons (Fsp3) is 0.148. The summed E-state index contributed by atoms with van der Waals surface area (Å²) in [5.74, 6) is 0.441. The van der Waals surface area contributed by atoms with Crippen molar-refractivity contribution in [3.8, 4) is 28.5 Å². The van der Waals surface area contributed by atoms with Crippen molar-refractivity contribution in [3.05, 3.63) is 94.6 Å². The van der Waals surface area contributed by atoms with Crippen molar-refractivity contribution >= 4 is 23.4 Å². The van der Waals surface area contributed by atoms with E-state index in [1.54, 1.807) is 19.9 Å². The third kappa shape index (κ3) is 5.11. The van der Waals surface area contributed by atoms with E-state index in [4.69, 9.17) is 26.1 Å². The molecule has 1 amide bonds.